The predicted octanol–water partition coefficient (Wildman–Crippen LogP) is 20.5. The van der Waals surface area contributed by atoms with E-state index in [1.807, 2.05) is 6.08 Å². The smallest absolute Gasteiger partial charge is 0.306 e. The van der Waals surface area contributed by atoms with Gasteiger partial charge in [0.25, 0.3) is 0 Å². The summed E-state index contributed by atoms with van der Waals surface area (Å²) in [6.07, 6.45) is 76.3. The van der Waals surface area contributed by atoms with Crippen LogP contribution < -0.4 is 0 Å². The molecule has 0 aliphatic rings. The number of carbonyl (C=O) groups excluding carboxylic acids is 3. The molecule has 0 fully saturated rings. The Balaban J connectivity index is 4.42. The first-order chi connectivity index (χ1) is 35.0. The van der Waals surface area contributed by atoms with Crippen LogP contribution in [0.1, 0.15) is 303 Å². The molecule has 0 radical (unpaired) electrons. The molecule has 0 aromatic rings. The Labute approximate surface area is 440 Å². The van der Waals surface area contributed by atoms with Gasteiger partial charge in [-0.3, -0.25) is 14.4 Å². The molecular weight excluding hydrogens is 877 g/mol. The summed E-state index contributed by atoms with van der Waals surface area (Å²) in [5.74, 6) is -0.982. The van der Waals surface area contributed by atoms with E-state index in [0.29, 0.717) is 19.3 Å². The Bertz CT molecular complexity index is 1320. The lowest BCUT2D eigenvalue weighted by molar-refractivity contribution is -0.166. The Morgan fingerprint density at radius 3 is 0.930 bits per heavy atom. The van der Waals surface area contributed by atoms with Gasteiger partial charge in [-0.1, -0.05) is 273 Å². The Morgan fingerprint density at radius 2 is 0.535 bits per heavy atom. The molecule has 0 rings (SSSR count). The first-order valence-electron chi connectivity index (χ1n) is 30.4. The van der Waals surface area contributed by atoms with Crippen LogP contribution in [0, 0.1) is 0 Å². The van der Waals surface area contributed by atoms with Crippen molar-refractivity contribution in [1.82, 2.24) is 0 Å². The van der Waals surface area contributed by atoms with E-state index in [1.165, 1.54) is 186 Å². The average Bonchev–Trinajstić information content (AvgIpc) is 3.37. The van der Waals surface area contributed by atoms with Crippen molar-refractivity contribution in [2.45, 2.75) is 309 Å². The van der Waals surface area contributed by atoms with Crippen molar-refractivity contribution in [3.63, 3.8) is 0 Å². The first kappa shape index (κ1) is 67.8. The maximum absolute atomic E-state index is 12.9. The highest BCUT2D eigenvalue weighted by atomic mass is 16.6. The van der Waals surface area contributed by atoms with Crippen LogP contribution in [-0.4, -0.2) is 37.2 Å². The third-order valence-corrected chi connectivity index (χ3v) is 13.2. The molecule has 1 atom stereocenters. The Kier molecular flexibility index (Phi) is 56.8. The number of unbranched alkanes of at least 4 members (excludes halogenated alkanes) is 32. The summed E-state index contributed by atoms with van der Waals surface area (Å²) in [5, 5.41) is 0. The second-order valence-electron chi connectivity index (χ2n) is 20.3. The van der Waals surface area contributed by atoms with Crippen molar-refractivity contribution in [2.75, 3.05) is 13.2 Å². The largest absolute Gasteiger partial charge is 0.462 e. The minimum absolute atomic E-state index is 0.100. The standard InChI is InChI=1S/C65H114O6/c1-4-7-10-13-16-19-22-25-27-29-31-32-34-36-38-41-44-47-50-53-56-59-65(68)71-62(60-69-63(66)57-54-51-48-45-42-39-24-21-18-15-12-9-6-3)61-70-64(67)58-55-52-49-46-43-40-37-35-33-30-28-26-23-20-17-14-11-8-5-2/h17,20-21,24,26,28,33,35,40,43,49,52,62H,4-16,18-19,22-23,25,27,29-32,34,36-39,41-42,44-48,50-51,53-61H2,1-3H3/b20-17-,24-21-,28-26-,35-33-,43-40-,52-49-/t62-/m0/s1. The maximum Gasteiger partial charge on any atom is 0.306 e. The quantitative estimate of drug-likeness (QED) is 0.0261. The summed E-state index contributed by atoms with van der Waals surface area (Å²) < 4.78 is 16.8. The number of hydrogen-bond acceptors (Lipinski definition) is 6. The zero-order valence-electron chi connectivity index (χ0n) is 47.0. The third-order valence-electron chi connectivity index (χ3n) is 13.2. The van der Waals surface area contributed by atoms with Crippen molar-refractivity contribution in [3.05, 3.63) is 72.9 Å². The fourth-order valence-corrected chi connectivity index (χ4v) is 8.60. The molecule has 71 heavy (non-hydrogen) atoms. The maximum atomic E-state index is 12.9. The monoisotopic (exact) mass is 991 g/mol. The molecule has 6 heteroatoms. The Hall–Kier alpha value is -3.15. The fraction of sp³-hybridized carbons (Fsp3) is 0.769. The van der Waals surface area contributed by atoms with Crippen molar-refractivity contribution in [1.29, 1.82) is 0 Å². The van der Waals surface area contributed by atoms with Crippen molar-refractivity contribution in [2.24, 2.45) is 0 Å². The van der Waals surface area contributed by atoms with Gasteiger partial charge in [0.1, 0.15) is 13.2 Å². The van der Waals surface area contributed by atoms with Gasteiger partial charge in [0, 0.05) is 19.3 Å². The van der Waals surface area contributed by atoms with Crippen LogP contribution in [0.5, 0.6) is 0 Å². The topological polar surface area (TPSA) is 78.9 Å². The Morgan fingerprint density at radius 1 is 0.282 bits per heavy atom. The zero-order chi connectivity index (χ0) is 51.4. The van der Waals surface area contributed by atoms with E-state index in [0.717, 1.165) is 70.6 Å². The SMILES string of the molecule is CCCCC/C=C\C/C=C\C/C=C\C/C=C\C/C=C\CCC(=O)OC[C@H](COC(=O)CCCCCCC/C=C\CCCCCC)OC(=O)CCCCCCCCCCCCCCCCCCCCCCC. The second kappa shape index (κ2) is 59.4. The predicted molar refractivity (Wildman–Crippen MR) is 307 cm³/mol. The number of allylic oxidation sites excluding steroid dienone is 12. The van der Waals surface area contributed by atoms with E-state index in [-0.39, 0.29) is 37.5 Å². The third kappa shape index (κ3) is 57.6. The molecule has 0 aromatic heterocycles. The lowest BCUT2D eigenvalue weighted by atomic mass is 10.0. The first-order valence-corrected chi connectivity index (χ1v) is 30.4. The van der Waals surface area contributed by atoms with Crippen molar-refractivity contribution >= 4 is 17.9 Å². The van der Waals surface area contributed by atoms with Crippen molar-refractivity contribution < 1.29 is 28.6 Å². The molecule has 0 saturated carbocycles. The van der Waals surface area contributed by atoms with Gasteiger partial charge >= 0.3 is 17.9 Å². The molecule has 0 aliphatic carbocycles. The van der Waals surface area contributed by atoms with Crippen LogP contribution in [0.25, 0.3) is 0 Å². The highest BCUT2D eigenvalue weighted by Gasteiger charge is 2.19. The van der Waals surface area contributed by atoms with Gasteiger partial charge in [-0.05, 0) is 83.5 Å². The fourth-order valence-electron chi connectivity index (χ4n) is 8.60. The molecule has 0 aromatic carbocycles. The molecule has 0 heterocycles. The van der Waals surface area contributed by atoms with Crippen LogP contribution in [0.3, 0.4) is 0 Å². The number of hydrogen-bond donors (Lipinski definition) is 0. The van der Waals surface area contributed by atoms with Crippen LogP contribution in [0.15, 0.2) is 72.9 Å². The highest BCUT2D eigenvalue weighted by molar-refractivity contribution is 5.71. The van der Waals surface area contributed by atoms with Gasteiger partial charge in [-0.2, -0.15) is 0 Å². The zero-order valence-corrected chi connectivity index (χ0v) is 47.0. The molecular formula is C65H114O6. The summed E-state index contributed by atoms with van der Waals surface area (Å²) in [6, 6.07) is 0. The van der Waals surface area contributed by atoms with Gasteiger partial charge < -0.3 is 14.2 Å². The lowest BCUT2D eigenvalue weighted by Gasteiger charge is -2.18. The molecule has 410 valence electrons. The lowest BCUT2D eigenvalue weighted by Crippen LogP contribution is -2.30. The second-order valence-corrected chi connectivity index (χ2v) is 20.3. The van der Waals surface area contributed by atoms with E-state index in [1.54, 1.807) is 0 Å². The average molecular weight is 992 g/mol. The van der Waals surface area contributed by atoms with E-state index in [2.05, 4.69) is 87.6 Å². The minimum atomic E-state index is -0.807. The van der Waals surface area contributed by atoms with E-state index in [9.17, 15) is 14.4 Å². The molecule has 0 saturated heterocycles. The molecule has 0 aliphatic heterocycles. The van der Waals surface area contributed by atoms with Crippen LogP contribution in [0.4, 0.5) is 0 Å². The van der Waals surface area contributed by atoms with Gasteiger partial charge in [-0.15, -0.1) is 0 Å². The van der Waals surface area contributed by atoms with Crippen LogP contribution in [0.2, 0.25) is 0 Å². The molecule has 0 amide bonds. The van der Waals surface area contributed by atoms with E-state index in [4.69, 9.17) is 14.2 Å². The van der Waals surface area contributed by atoms with Crippen LogP contribution in [-0.2, 0) is 28.6 Å². The van der Waals surface area contributed by atoms with Gasteiger partial charge in [-0.25, -0.2) is 0 Å². The summed E-state index contributed by atoms with van der Waals surface area (Å²) in [5.41, 5.74) is 0. The highest BCUT2D eigenvalue weighted by Crippen LogP contribution is 2.16. The van der Waals surface area contributed by atoms with E-state index >= 15 is 0 Å². The van der Waals surface area contributed by atoms with Crippen molar-refractivity contribution in [3.8, 4) is 0 Å². The van der Waals surface area contributed by atoms with Crippen LogP contribution >= 0.6 is 0 Å². The molecule has 0 bridgehead atoms. The summed E-state index contributed by atoms with van der Waals surface area (Å²) >= 11 is 0. The van der Waals surface area contributed by atoms with Gasteiger partial charge in [0.15, 0.2) is 6.10 Å². The summed E-state index contributed by atoms with van der Waals surface area (Å²) in [4.78, 5) is 38.2. The van der Waals surface area contributed by atoms with Gasteiger partial charge in [0.05, 0.1) is 0 Å². The number of rotatable bonds is 55. The number of esters is 3. The molecule has 6 nitrogen and oxygen atoms in total. The molecule has 0 spiro atoms. The summed E-state index contributed by atoms with van der Waals surface area (Å²) in [7, 11) is 0. The normalized spacial score (nSPS) is 12.5. The molecule has 0 N–H and O–H groups in total. The molecule has 0 unspecified atom stereocenters. The number of carbonyl (C=O) groups is 3. The van der Waals surface area contributed by atoms with Gasteiger partial charge in [0.2, 0.25) is 0 Å². The number of ether oxygens (including phenoxy) is 3. The summed E-state index contributed by atoms with van der Waals surface area (Å²) in [6.45, 7) is 6.56. The minimum Gasteiger partial charge on any atom is -0.462 e. The van der Waals surface area contributed by atoms with E-state index < -0.39 is 6.10 Å².